The lowest BCUT2D eigenvalue weighted by molar-refractivity contribution is 0.0784. The average Bonchev–Trinajstić information content (AvgIpc) is 2.68. The highest BCUT2D eigenvalue weighted by atomic mass is 32.1. The summed E-state index contributed by atoms with van der Waals surface area (Å²) in [7, 11) is 0. The first-order valence-corrected chi connectivity index (χ1v) is 5.82. The zero-order valence-electron chi connectivity index (χ0n) is 8.32. The third kappa shape index (κ3) is 2.22. The molecule has 0 bridgehead atoms. The van der Waals surface area contributed by atoms with Crippen LogP contribution in [0.1, 0.15) is 31.5 Å². The Morgan fingerprint density at radius 3 is 3.29 bits per heavy atom. The molecule has 2 rings (SSSR count). The van der Waals surface area contributed by atoms with Gasteiger partial charge < -0.3 is 10.1 Å². The van der Waals surface area contributed by atoms with Crippen molar-refractivity contribution in [3.8, 4) is 0 Å². The molecule has 4 nitrogen and oxygen atoms in total. The molecule has 1 unspecified atom stereocenters. The number of anilines is 1. The lowest BCUT2D eigenvalue weighted by Gasteiger charge is -2.18. The second kappa shape index (κ2) is 4.70. The molecule has 14 heavy (non-hydrogen) atoms. The SMILES string of the molecule is CCNc1nc(C2CCCOC2)ns1. The third-order valence-corrected chi connectivity index (χ3v) is 2.98. The highest BCUT2D eigenvalue weighted by Gasteiger charge is 2.20. The Morgan fingerprint density at radius 1 is 1.64 bits per heavy atom. The van der Waals surface area contributed by atoms with E-state index in [-0.39, 0.29) is 0 Å². The average molecular weight is 213 g/mol. The van der Waals surface area contributed by atoms with Gasteiger partial charge in [0.15, 0.2) is 0 Å². The summed E-state index contributed by atoms with van der Waals surface area (Å²) in [6, 6.07) is 0. The van der Waals surface area contributed by atoms with E-state index in [0.29, 0.717) is 5.92 Å². The number of hydrogen-bond acceptors (Lipinski definition) is 5. The van der Waals surface area contributed by atoms with Gasteiger partial charge in [-0.3, -0.25) is 0 Å². The lowest BCUT2D eigenvalue weighted by atomic mass is 10.0. The van der Waals surface area contributed by atoms with Crippen LogP contribution in [0.25, 0.3) is 0 Å². The van der Waals surface area contributed by atoms with Gasteiger partial charge in [0.1, 0.15) is 5.82 Å². The molecule has 1 aliphatic heterocycles. The van der Waals surface area contributed by atoms with E-state index in [1.165, 1.54) is 11.5 Å². The second-order valence-corrected chi connectivity index (χ2v) is 4.15. The minimum absolute atomic E-state index is 0.410. The number of rotatable bonds is 3. The summed E-state index contributed by atoms with van der Waals surface area (Å²) in [5, 5.41) is 4.10. The van der Waals surface area contributed by atoms with Crippen LogP contribution in [0.2, 0.25) is 0 Å². The summed E-state index contributed by atoms with van der Waals surface area (Å²) < 4.78 is 9.76. The number of nitrogens with one attached hydrogen (secondary N) is 1. The fourth-order valence-electron chi connectivity index (χ4n) is 1.57. The van der Waals surface area contributed by atoms with Gasteiger partial charge >= 0.3 is 0 Å². The molecule has 0 amide bonds. The van der Waals surface area contributed by atoms with Crippen LogP contribution in [0, 0.1) is 0 Å². The van der Waals surface area contributed by atoms with Crippen molar-refractivity contribution in [2.75, 3.05) is 25.1 Å². The number of nitrogens with zero attached hydrogens (tertiary/aromatic N) is 2. The van der Waals surface area contributed by atoms with Crippen LogP contribution in [0.4, 0.5) is 5.13 Å². The molecule has 0 aliphatic carbocycles. The Hall–Kier alpha value is -0.680. The summed E-state index contributed by atoms with van der Waals surface area (Å²) in [5.74, 6) is 1.36. The van der Waals surface area contributed by atoms with Gasteiger partial charge in [0.25, 0.3) is 0 Å². The van der Waals surface area contributed by atoms with E-state index >= 15 is 0 Å². The van der Waals surface area contributed by atoms with Crippen molar-refractivity contribution >= 4 is 16.7 Å². The van der Waals surface area contributed by atoms with Crippen molar-refractivity contribution in [2.24, 2.45) is 0 Å². The minimum Gasteiger partial charge on any atom is -0.381 e. The Labute approximate surface area is 87.9 Å². The van der Waals surface area contributed by atoms with Gasteiger partial charge in [0.2, 0.25) is 5.13 Å². The molecule has 0 saturated carbocycles. The van der Waals surface area contributed by atoms with Crippen molar-refractivity contribution in [1.82, 2.24) is 9.36 Å². The molecule has 1 atom stereocenters. The van der Waals surface area contributed by atoms with E-state index < -0.39 is 0 Å². The molecular formula is C9H15N3OS. The summed E-state index contributed by atoms with van der Waals surface area (Å²) in [5.41, 5.74) is 0. The van der Waals surface area contributed by atoms with Crippen molar-refractivity contribution in [3.05, 3.63) is 5.82 Å². The molecule has 1 aliphatic rings. The fraction of sp³-hybridized carbons (Fsp3) is 0.778. The summed E-state index contributed by atoms with van der Waals surface area (Å²) >= 11 is 1.44. The van der Waals surface area contributed by atoms with Crippen molar-refractivity contribution in [1.29, 1.82) is 0 Å². The zero-order valence-corrected chi connectivity index (χ0v) is 9.14. The van der Waals surface area contributed by atoms with Crippen LogP contribution < -0.4 is 5.32 Å². The van der Waals surface area contributed by atoms with Gasteiger partial charge in [0.05, 0.1) is 6.61 Å². The maximum Gasteiger partial charge on any atom is 0.202 e. The Balaban J connectivity index is 2.00. The lowest BCUT2D eigenvalue weighted by Crippen LogP contribution is -2.16. The normalized spacial score (nSPS) is 22.2. The van der Waals surface area contributed by atoms with E-state index in [0.717, 1.165) is 43.6 Å². The van der Waals surface area contributed by atoms with Crippen molar-refractivity contribution < 1.29 is 4.74 Å². The molecule has 1 N–H and O–H groups in total. The highest BCUT2D eigenvalue weighted by molar-refractivity contribution is 7.09. The maximum absolute atomic E-state index is 5.41. The van der Waals surface area contributed by atoms with Gasteiger partial charge in [-0.25, -0.2) is 4.98 Å². The predicted octanol–water partition coefficient (Wildman–Crippen LogP) is 1.86. The number of hydrogen-bond donors (Lipinski definition) is 1. The van der Waals surface area contributed by atoms with Gasteiger partial charge in [-0.2, -0.15) is 4.37 Å². The fourth-order valence-corrected chi connectivity index (χ4v) is 2.28. The molecule has 1 saturated heterocycles. The summed E-state index contributed by atoms with van der Waals surface area (Å²) in [4.78, 5) is 4.44. The molecule has 0 spiro atoms. The third-order valence-electron chi connectivity index (χ3n) is 2.30. The van der Waals surface area contributed by atoms with Crippen molar-refractivity contribution in [2.45, 2.75) is 25.7 Å². The molecule has 78 valence electrons. The quantitative estimate of drug-likeness (QED) is 0.832. The van der Waals surface area contributed by atoms with Crippen LogP contribution in [-0.4, -0.2) is 29.1 Å². The van der Waals surface area contributed by atoms with Gasteiger partial charge in [0, 0.05) is 30.6 Å². The van der Waals surface area contributed by atoms with Gasteiger partial charge in [-0.1, -0.05) is 0 Å². The standard InChI is InChI=1S/C9H15N3OS/c1-2-10-9-11-8(12-14-9)7-4-3-5-13-6-7/h7H,2-6H2,1H3,(H,10,11,12). The molecule has 5 heteroatoms. The van der Waals surface area contributed by atoms with Crippen molar-refractivity contribution in [3.63, 3.8) is 0 Å². The Bertz CT molecular complexity index is 283. The van der Waals surface area contributed by atoms with Crippen LogP contribution in [0.5, 0.6) is 0 Å². The molecule has 1 fully saturated rings. The van der Waals surface area contributed by atoms with E-state index in [4.69, 9.17) is 4.74 Å². The van der Waals surface area contributed by atoms with Gasteiger partial charge in [-0.05, 0) is 19.8 Å². The Morgan fingerprint density at radius 2 is 2.57 bits per heavy atom. The largest absolute Gasteiger partial charge is 0.381 e. The second-order valence-electron chi connectivity index (χ2n) is 3.40. The number of aromatic nitrogens is 2. The van der Waals surface area contributed by atoms with Crippen LogP contribution in [0.3, 0.4) is 0 Å². The van der Waals surface area contributed by atoms with Gasteiger partial charge in [-0.15, -0.1) is 0 Å². The topological polar surface area (TPSA) is 47.0 Å². The highest BCUT2D eigenvalue weighted by Crippen LogP contribution is 2.25. The molecule has 2 heterocycles. The van der Waals surface area contributed by atoms with E-state index in [1.807, 2.05) is 0 Å². The first-order chi connectivity index (χ1) is 6.90. The van der Waals surface area contributed by atoms with Crippen LogP contribution in [0.15, 0.2) is 0 Å². The monoisotopic (exact) mass is 213 g/mol. The number of ether oxygens (including phenoxy) is 1. The first kappa shape index (κ1) is 9.86. The first-order valence-electron chi connectivity index (χ1n) is 5.05. The predicted molar refractivity (Wildman–Crippen MR) is 56.9 cm³/mol. The maximum atomic E-state index is 5.41. The molecule has 1 aromatic heterocycles. The minimum atomic E-state index is 0.410. The smallest absolute Gasteiger partial charge is 0.202 e. The Kier molecular flexibility index (Phi) is 3.31. The van der Waals surface area contributed by atoms with E-state index in [2.05, 4.69) is 21.6 Å². The molecule has 0 radical (unpaired) electrons. The molecule has 1 aromatic rings. The van der Waals surface area contributed by atoms with Crippen LogP contribution in [-0.2, 0) is 4.74 Å². The summed E-state index contributed by atoms with van der Waals surface area (Å²) in [6.45, 7) is 4.63. The van der Waals surface area contributed by atoms with E-state index in [9.17, 15) is 0 Å². The molecular weight excluding hydrogens is 198 g/mol. The summed E-state index contributed by atoms with van der Waals surface area (Å²) in [6.07, 6.45) is 2.28. The molecule has 0 aromatic carbocycles. The zero-order chi connectivity index (χ0) is 9.80. The van der Waals surface area contributed by atoms with E-state index in [1.54, 1.807) is 0 Å². The van der Waals surface area contributed by atoms with Crippen LogP contribution >= 0.6 is 11.5 Å².